The molecule has 2 aromatic carbocycles. The normalized spacial score (nSPS) is 11.3. The lowest BCUT2D eigenvalue weighted by atomic mass is 10.2. The molecular weight excluding hydrogens is 366 g/mol. The average Bonchev–Trinajstić information content (AvgIpc) is 2.62. The molecule has 0 aliphatic heterocycles. The van der Waals surface area contributed by atoms with E-state index in [0.29, 0.717) is 5.75 Å². The first-order chi connectivity index (χ1) is 12.3. The summed E-state index contributed by atoms with van der Waals surface area (Å²) in [6.45, 7) is 0. The van der Waals surface area contributed by atoms with Crippen LogP contribution < -0.4 is 14.3 Å². The van der Waals surface area contributed by atoms with Crippen molar-refractivity contribution in [1.82, 2.24) is 4.83 Å². The lowest BCUT2D eigenvalue weighted by molar-refractivity contribution is -0.385. The third-order valence-corrected chi connectivity index (χ3v) is 4.47. The number of phenolic OH excluding ortho intramolecular Hbond substituents is 1. The van der Waals surface area contributed by atoms with Gasteiger partial charge in [0, 0.05) is 17.7 Å². The lowest BCUT2D eigenvalue weighted by Crippen LogP contribution is -2.18. The van der Waals surface area contributed by atoms with Gasteiger partial charge in [-0.25, -0.2) is 4.83 Å². The van der Waals surface area contributed by atoms with E-state index < -0.39 is 26.4 Å². The number of nitrogens with one attached hydrogen (secondary N) is 1. The molecule has 2 N–H and O–H groups in total. The number of hydrogen-bond donors (Lipinski definition) is 2. The van der Waals surface area contributed by atoms with Crippen molar-refractivity contribution in [2.75, 3.05) is 14.2 Å². The third-order valence-electron chi connectivity index (χ3n) is 3.25. The van der Waals surface area contributed by atoms with Crippen molar-refractivity contribution in [3.05, 3.63) is 52.1 Å². The Morgan fingerprint density at radius 2 is 1.85 bits per heavy atom. The Hall–Kier alpha value is -3.34. The highest BCUT2D eigenvalue weighted by atomic mass is 32.2. The standard InChI is InChI=1S/C15H15N3O7S/c1-24-14-6-4-11(8-15(14)25-2)26(22,23)17-16-9-10-3-5-13(19)12(7-10)18(20)21/h3-9,17,19H,1-2H3/b16-9+. The maximum absolute atomic E-state index is 12.2. The minimum atomic E-state index is -3.99. The molecule has 0 atom stereocenters. The molecule has 26 heavy (non-hydrogen) atoms. The van der Waals surface area contributed by atoms with Crippen LogP contribution in [0.1, 0.15) is 5.56 Å². The number of hydrogen-bond acceptors (Lipinski definition) is 8. The SMILES string of the molecule is COc1ccc(S(=O)(=O)N/N=C/c2ccc(O)c([N+](=O)[O-])c2)cc1OC. The first-order valence-electron chi connectivity index (χ1n) is 7.03. The largest absolute Gasteiger partial charge is 0.502 e. The van der Waals surface area contributed by atoms with Crippen LogP contribution in [0, 0.1) is 10.1 Å². The van der Waals surface area contributed by atoms with Gasteiger partial charge in [-0.3, -0.25) is 10.1 Å². The van der Waals surface area contributed by atoms with Gasteiger partial charge < -0.3 is 14.6 Å². The van der Waals surface area contributed by atoms with Crippen LogP contribution in [-0.4, -0.2) is 38.9 Å². The van der Waals surface area contributed by atoms with Gasteiger partial charge in [0.15, 0.2) is 17.2 Å². The fraction of sp³-hybridized carbons (Fsp3) is 0.133. The maximum atomic E-state index is 12.2. The molecule has 0 heterocycles. The monoisotopic (exact) mass is 381 g/mol. The predicted molar refractivity (Wildman–Crippen MR) is 92.2 cm³/mol. The highest BCUT2D eigenvalue weighted by Crippen LogP contribution is 2.29. The number of sulfonamides is 1. The van der Waals surface area contributed by atoms with E-state index in [0.717, 1.165) is 18.3 Å². The summed E-state index contributed by atoms with van der Waals surface area (Å²) in [4.78, 5) is 11.9. The summed E-state index contributed by atoms with van der Waals surface area (Å²) < 4.78 is 34.6. The van der Waals surface area contributed by atoms with E-state index in [1.807, 2.05) is 4.83 Å². The Morgan fingerprint density at radius 1 is 1.15 bits per heavy atom. The van der Waals surface area contributed by atoms with Crippen molar-refractivity contribution in [2.45, 2.75) is 4.90 Å². The van der Waals surface area contributed by atoms with Crippen LogP contribution >= 0.6 is 0 Å². The van der Waals surface area contributed by atoms with Gasteiger partial charge >= 0.3 is 5.69 Å². The van der Waals surface area contributed by atoms with Gasteiger partial charge in [0.05, 0.1) is 30.3 Å². The molecular formula is C15H15N3O7S. The zero-order chi connectivity index (χ0) is 19.3. The zero-order valence-electron chi connectivity index (χ0n) is 13.7. The van der Waals surface area contributed by atoms with Crippen LogP contribution in [0.25, 0.3) is 0 Å². The predicted octanol–water partition coefficient (Wildman–Crippen LogP) is 1.63. The second-order valence-electron chi connectivity index (χ2n) is 4.87. The number of rotatable bonds is 7. The number of nitro groups is 1. The van der Waals surface area contributed by atoms with Crippen molar-refractivity contribution in [3.8, 4) is 17.2 Å². The molecule has 0 unspecified atom stereocenters. The van der Waals surface area contributed by atoms with Crippen molar-refractivity contribution < 1.29 is 27.9 Å². The molecule has 0 bridgehead atoms. The molecule has 138 valence electrons. The highest BCUT2D eigenvalue weighted by molar-refractivity contribution is 7.89. The summed E-state index contributed by atoms with van der Waals surface area (Å²) in [5.74, 6) is 0.0953. The third kappa shape index (κ3) is 4.19. The molecule has 0 fully saturated rings. The molecule has 10 nitrogen and oxygen atoms in total. The summed E-state index contributed by atoms with van der Waals surface area (Å²) in [6.07, 6.45) is 1.07. The van der Waals surface area contributed by atoms with Crippen molar-refractivity contribution in [3.63, 3.8) is 0 Å². The van der Waals surface area contributed by atoms with E-state index in [-0.39, 0.29) is 16.2 Å². The van der Waals surface area contributed by atoms with Crippen LogP contribution in [0.4, 0.5) is 5.69 Å². The van der Waals surface area contributed by atoms with E-state index in [1.165, 1.54) is 38.5 Å². The van der Waals surface area contributed by atoms with Gasteiger partial charge in [-0.2, -0.15) is 13.5 Å². The number of benzene rings is 2. The van der Waals surface area contributed by atoms with Crippen LogP contribution in [0.2, 0.25) is 0 Å². The minimum absolute atomic E-state index is 0.107. The zero-order valence-corrected chi connectivity index (χ0v) is 14.6. The minimum Gasteiger partial charge on any atom is -0.502 e. The van der Waals surface area contributed by atoms with E-state index in [9.17, 15) is 23.6 Å². The molecule has 2 rings (SSSR count). The maximum Gasteiger partial charge on any atom is 0.311 e. The van der Waals surface area contributed by atoms with Gasteiger partial charge in [0.1, 0.15) is 0 Å². The molecule has 0 radical (unpaired) electrons. The van der Waals surface area contributed by atoms with Crippen LogP contribution in [0.15, 0.2) is 46.4 Å². The molecule has 0 saturated heterocycles. The van der Waals surface area contributed by atoms with Crippen LogP contribution in [0.5, 0.6) is 17.2 Å². The molecule has 0 aliphatic rings. The fourth-order valence-electron chi connectivity index (χ4n) is 1.97. The van der Waals surface area contributed by atoms with Crippen molar-refractivity contribution in [2.24, 2.45) is 5.10 Å². The number of methoxy groups -OCH3 is 2. The summed E-state index contributed by atoms with van der Waals surface area (Å²) in [7, 11) is -1.19. The summed E-state index contributed by atoms with van der Waals surface area (Å²) in [5.41, 5.74) is -0.291. The fourth-order valence-corrected chi connectivity index (χ4v) is 2.78. The number of nitro benzene ring substituents is 1. The van der Waals surface area contributed by atoms with Gasteiger partial charge in [-0.1, -0.05) is 0 Å². The van der Waals surface area contributed by atoms with E-state index >= 15 is 0 Å². The van der Waals surface area contributed by atoms with Gasteiger partial charge in [0.25, 0.3) is 10.0 Å². The molecule has 0 amide bonds. The van der Waals surface area contributed by atoms with Crippen molar-refractivity contribution in [1.29, 1.82) is 0 Å². The molecule has 0 spiro atoms. The van der Waals surface area contributed by atoms with Crippen LogP contribution in [-0.2, 0) is 10.0 Å². The molecule has 11 heteroatoms. The summed E-state index contributed by atoms with van der Waals surface area (Å²) in [5, 5.41) is 23.7. The van der Waals surface area contributed by atoms with E-state index in [4.69, 9.17) is 9.47 Å². The Labute approximate surface area is 148 Å². The Balaban J connectivity index is 2.21. The molecule has 0 saturated carbocycles. The number of hydrazone groups is 1. The number of nitrogens with zero attached hydrogens (tertiary/aromatic N) is 2. The van der Waals surface area contributed by atoms with Gasteiger partial charge in [0.2, 0.25) is 0 Å². The topological polar surface area (TPSA) is 140 Å². The number of aromatic hydroxyl groups is 1. The second-order valence-corrected chi connectivity index (χ2v) is 6.54. The summed E-state index contributed by atoms with van der Waals surface area (Å²) in [6, 6.07) is 7.52. The second kappa shape index (κ2) is 7.70. The first kappa shape index (κ1) is 19.0. The number of phenols is 1. The quantitative estimate of drug-likeness (QED) is 0.422. The highest BCUT2D eigenvalue weighted by Gasteiger charge is 2.16. The Morgan fingerprint density at radius 3 is 2.46 bits per heavy atom. The Bertz CT molecular complexity index is 958. The van der Waals surface area contributed by atoms with Gasteiger partial charge in [-0.15, -0.1) is 0 Å². The van der Waals surface area contributed by atoms with Crippen molar-refractivity contribution >= 4 is 21.9 Å². The Kier molecular flexibility index (Phi) is 5.62. The average molecular weight is 381 g/mol. The van der Waals surface area contributed by atoms with Crippen LogP contribution in [0.3, 0.4) is 0 Å². The smallest absolute Gasteiger partial charge is 0.311 e. The molecule has 0 aliphatic carbocycles. The first-order valence-corrected chi connectivity index (χ1v) is 8.51. The van der Waals surface area contributed by atoms with E-state index in [1.54, 1.807) is 0 Å². The summed E-state index contributed by atoms with van der Waals surface area (Å²) >= 11 is 0. The molecule has 0 aromatic heterocycles. The van der Waals surface area contributed by atoms with E-state index in [2.05, 4.69) is 5.10 Å². The molecule has 2 aromatic rings. The lowest BCUT2D eigenvalue weighted by Gasteiger charge is -2.09. The van der Waals surface area contributed by atoms with Gasteiger partial charge in [-0.05, 0) is 24.3 Å². The number of ether oxygens (including phenoxy) is 2.